The van der Waals surface area contributed by atoms with Gasteiger partial charge in [0.15, 0.2) is 0 Å². The van der Waals surface area contributed by atoms with Gasteiger partial charge in [-0.25, -0.2) is 0 Å². The van der Waals surface area contributed by atoms with Gasteiger partial charge in [0.1, 0.15) is 0 Å². The van der Waals surface area contributed by atoms with E-state index < -0.39 is 10.2 Å². The lowest BCUT2D eigenvalue weighted by Gasteiger charge is -2.16. The van der Waals surface area contributed by atoms with Gasteiger partial charge in [0, 0.05) is 26.2 Å². The molecule has 0 radical (unpaired) electrons. The molecule has 0 aliphatic carbocycles. The highest BCUT2D eigenvalue weighted by atomic mass is 32.2. The average Bonchev–Trinajstić information content (AvgIpc) is 2.46. The number of nitrogens with one attached hydrogen (secondary N) is 3. The Morgan fingerprint density at radius 3 is 3.00 bits per heavy atom. The van der Waals surface area contributed by atoms with Gasteiger partial charge in [0.2, 0.25) is 0 Å². The zero-order valence-corrected chi connectivity index (χ0v) is 10.5. The minimum atomic E-state index is -3.39. The lowest BCUT2D eigenvalue weighted by atomic mass is 10.2. The summed E-state index contributed by atoms with van der Waals surface area (Å²) in [5.41, 5.74) is 0. The molecule has 0 bridgehead atoms. The molecule has 1 aliphatic heterocycles. The molecule has 0 saturated carbocycles. The SMILES string of the molecule is COCCNS(=O)(=O)NC1CCCCNC1. The molecule has 1 atom stereocenters. The second-order valence-corrected chi connectivity index (χ2v) is 5.44. The van der Waals surface area contributed by atoms with E-state index in [0.717, 1.165) is 25.8 Å². The summed E-state index contributed by atoms with van der Waals surface area (Å²) in [5, 5.41) is 3.21. The van der Waals surface area contributed by atoms with Gasteiger partial charge in [-0.05, 0) is 19.4 Å². The zero-order chi connectivity index (χ0) is 11.9. The predicted molar refractivity (Wildman–Crippen MR) is 62.4 cm³/mol. The van der Waals surface area contributed by atoms with E-state index in [0.29, 0.717) is 19.7 Å². The highest BCUT2D eigenvalue weighted by molar-refractivity contribution is 7.87. The van der Waals surface area contributed by atoms with Crippen LogP contribution in [0.4, 0.5) is 0 Å². The van der Waals surface area contributed by atoms with Gasteiger partial charge >= 0.3 is 0 Å². The van der Waals surface area contributed by atoms with Crippen molar-refractivity contribution < 1.29 is 13.2 Å². The third kappa shape index (κ3) is 5.76. The molecule has 0 aromatic heterocycles. The van der Waals surface area contributed by atoms with Crippen LogP contribution in [0, 0.1) is 0 Å². The van der Waals surface area contributed by atoms with Crippen molar-refractivity contribution in [2.24, 2.45) is 0 Å². The number of ether oxygens (including phenoxy) is 1. The monoisotopic (exact) mass is 251 g/mol. The first-order chi connectivity index (χ1) is 7.64. The van der Waals surface area contributed by atoms with Gasteiger partial charge in [0.25, 0.3) is 10.2 Å². The van der Waals surface area contributed by atoms with E-state index in [1.807, 2.05) is 0 Å². The van der Waals surface area contributed by atoms with E-state index in [-0.39, 0.29) is 6.04 Å². The second-order valence-electron chi connectivity index (χ2n) is 3.91. The van der Waals surface area contributed by atoms with Crippen LogP contribution >= 0.6 is 0 Å². The fourth-order valence-electron chi connectivity index (χ4n) is 1.66. The van der Waals surface area contributed by atoms with Gasteiger partial charge in [-0.15, -0.1) is 0 Å². The Kier molecular flexibility index (Phi) is 6.22. The lowest BCUT2D eigenvalue weighted by molar-refractivity contribution is 0.204. The summed E-state index contributed by atoms with van der Waals surface area (Å²) in [6, 6.07) is -0.0115. The van der Waals surface area contributed by atoms with Gasteiger partial charge in [-0.1, -0.05) is 6.42 Å². The van der Waals surface area contributed by atoms with Crippen molar-refractivity contribution in [2.75, 3.05) is 33.4 Å². The Balaban J connectivity index is 2.32. The lowest BCUT2D eigenvalue weighted by Crippen LogP contribution is -2.46. The fourth-order valence-corrected chi connectivity index (χ4v) is 2.73. The van der Waals surface area contributed by atoms with Crippen molar-refractivity contribution in [3.8, 4) is 0 Å². The van der Waals surface area contributed by atoms with Gasteiger partial charge in [0.05, 0.1) is 6.61 Å². The van der Waals surface area contributed by atoms with E-state index in [1.54, 1.807) is 0 Å². The molecular formula is C9H21N3O3S. The molecule has 6 nitrogen and oxygen atoms in total. The van der Waals surface area contributed by atoms with Crippen LogP contribution in [0.2, 0.25) is 0 Å². The second kappa shape index (κ2) is 7.18. The maximum Gasteiger partial charge on any atom is 0.277 e. The molecule has 1 saturated heterocycles. The van der Waals surface area contributed by atoms with Gasteiger partial charge < -0.3 is 10.1 Å². The Bertz CT molecular complexity index is 274. The highest BCUT2D eigenvalue weighted by Gasteiger charge is 2.18. The normalized spacial score (nSPS) is 22.9. The number of hydrogen-bond donors (Lipinski definition) is 3. The maximum absolute atomic E-state index is 11.6. The summed E-state index contributed by atoms with van der Waals surface area (Å²) >= 11 is 0. The largest absolute Gasteiger partial charge is 0.383 e. The van der Waals surface area contributed by atoms with Crippen LogP contribution < -0.4 is 14.8 Å². The standard InChI is InChI=1S/C9H21N3O3S/c1-15-7-6-11-16(13,14)12-9-4-2-3-5-10-8-9/h9-12H,2-8H2,1H3. The van der Waals surface area contributed by atoms with E-state index in [2.05, 4.69) is 14.8 Å². The molecule has 0 aromatic rings. The Morgan fingerprint density at radius 1 is 1.44 bits per heavy atom. The molecule has 1 heterocycles. The topological polar surface area (TPSA) is 79.5 Å². The van der Waals surface area contributed by atoms with E-state index in [9.17, 15) is 8.42 Å². The van der Waals surface area contributed by atoms with Crippen LogP contribution in [0.25, 0.3) is 0 Å². The molecule has 0 aromatic carbocycles. The molecule has 96 valence electrons. The summed E-state index contributed by atoms with van der Waals surface area (Å²) in [7, 11) is -1.85. The summed E-state index contributed by atoms with van der Waals surface area (Å²) in [6.45, 7) is 2.34. The molecule has 0 amide bonds. The number of methoxy groups -OCH3 is 1. The number of hydrogen-bond acceptors (Lipinski definition) is 4. The van der Waals surface area contributed by atoms with Crippen molar-refractivity contribution in [3.63, 3.8) is 0 Å². The molecular weight excluding hydrogens is 230 g/mol. The average molecular weight is 251 g/mol. The predicted octanol–water partition coefficient (Wildman–Crippen LogP) is -0.801. The quantitative estimate of drug-likeness (QED) is 0.540. The Labute approximate surface area is 97.3 Å². The van der Waals surface area contributed by atoms with Crippen molar-refractivity contribution in [2.45, 2.75) is 25.3 Å². The number of rotatable bonds is 6. The third-order valence-electron chi connectivity index (χ3n) is 2.47. The molecule has 3 N–H and O–H groups in total. The maximum atomic E-state index is 11.6. The molecule has 1 unspecified atom stereocenters. The van der Waals surface area contributed by atoms with Crippen LogP contribution in [0.1, 0.15) is 19.3 Å². The van der Waals surface area contributed by atoms with Crippen LogP contribution in [0.5, 0.6) is 0 Å². The van der Waals surface area contributed by atoms with Crippen molar-refractivity contribution in [3.05, 3.63) is 0 Å². The van der Waals surface area contributed by atoms with Crippen LogP contribution in [-0.2, 0) is 14.9 Å². The van der Waals surface area contributed by atoms with E-state index >= 15 is 0 Å². The molecule has 7 heteroatoms. The minimum absolute atomic E-state index is 0.0115. The molecule has 16 heavy (non-hydrogen) atoms. The Hall–Kier alpha value is -0.210. The van der Waals surface area contributed by atoms with Gasteiger partial charge in [-0.3, -0.25) is 0 Å². The fraction of sp³-hybridized carbons (Fsp3) is 1.00. The van der Waals surface area contributed by atoms with Crippen molar-refractivity contribution in [1.82, 2.24) is 14.8 Å². The van der Waals surface area contributed by atoms with E-state index in [4.69, 9.17) is 4.74 Å². The minimum Gasteiger partial charge on any atom is -0.383 e. The zero-order valence-electron chi connectivity index (χ0n) is 9.66. The molecule has 0 spiro atoms. The first-order valence-corrected chi connectivity index (χ1v) is 7.09. The van der Waals surface area contributed by atoms with Gasteiger partial charge in [-0.2, -0.15) is 17.9 Å². The van der Waals surface area contributed by atoms with E-state index in [1.165, 1.54) is 7.11 Å². The highest BCUT2D eigenvalue weighted by Crippen LogP contribution is 2.04. The van der Waals surface area contributed by atoms with Crippen LogP contribution in [-0.4, -0.2) is 47.8 Å². The molecule has 1 fully saturated rings. The first kappa shape index (κ1) is 13.9. The van der Waals surface area contributed by atoms with Crippen molar-refractivity contribution >= 4 is 10.2 Å². The summed E-state index contributed by atoms with van der Waals surface area (Å²) in [5.74, 6) is 0. The molecule has 1 rings (SSSR count). The van der Waals surface area contributed by atoms with Crippen molar-refractivity contribution in [1.29, 1.82) is 0 Å². The van der Waals surface area contributed by atoms with Crippen LogP contribution in [0.15, 0.2) is 0 Å². The smallest absolute Gasteiger partial charge is 0.277 e. The van der Waals surface area contributed by atoms with Crippen LogP contribution in [0.3, 0.4) is 0 Å². The first-order valence-electron chi connectivity index (χ1n) is 5.60. The molecule has 1 aliphatic rings. The Morgan fingerprint density at radius 2 is 2.25 bits per heavy atom. The summed E-state index contributed by atoms with van der Waals surface area (Å²) in [6.07, 6.45) is 3.05. The summed E-state index contributed by atoms with van der Waals surface area (Å²) < 4.78 is 33.0. The summed E-state index contributed by atoms with van der Waals surface area (Å²) in [4.78, 5) is 0. The third-order valence-corrected chi connectivity index (χ3v) is 3.69.